The molecule has 1 heterocycles. The summed E-state index contributed by atoms with van der Waals surface area (Å²) in [7, 11) is 1.43. The van der Waals surface area contributed by atoms with Crippen molar-refractivity contribution in [3.63, 3.8) is 0 Å². The number of methoxy groups -OCH3 is 1. The number of hydrogen-bond acceptors (Lipinski definition) is 5. The van der Waals surface area contributed by atoms with E-state index in [1.807, 2.05) is 41.6 Å². The molecule has 0 radical (unpaired) electrons. The van der Waals surface area contributed by atoms with Gasteiger partial charge in [0.1, 0.15) is 5.57 Å². The lowest BCUT2D eigenvalue weighted by atomic mass is 10.1. The van der Waals surface area contributed by atoms with Crippen molar-refractivity contribution in [3.05, 3.63) is 56.7 Å². The van der Waals surface area contributed by atoms with Crippen molar-refractivity contribution >= 4 is 63.5 Å². The minimum atomic E-state index is -0.571. The quantitative estimate of drug-likeness (QED) is 0.287. The largest absolute Gasteiger partial charge is 0.504 e. The van der Waals surface area contributed by atoms with Gasteiger partial charge in [-0.15, -0.1) is 0 Å². The highest BCUT2D eigenvalue weighted by Crippen LogP contribution is 2.33. The molecular weight excluding hydrogens is 491 g/mol. The van der Waals surface area contributed by atoms with Crippen LogP contribution in [0.15, 0.2) is 42.0 Å². The molecule has 2 N–H and O–H groups in total. The standard InChI is InChI=1S/C20H17IN2O4S/c1-3-11-4-6-13(7-5-11)23-19(26)14(18(25)22-20(23)28)8-12-9-15(21)17(24)16(10-12)27-2/h4-10,24H,3H2,1-2H3,(H,22,25,28)/b14-8+. The molecule has 1 aliphatic heterocycles. The Labute approximate surface area is 181 Å². The molecule has 2 aromatic carbocycles. The number of aryl methyl sites for hydroxylation is 1. The predicted octanol–water partition coefficient (Wildman–Crippen LogP) is 3.40. The number of nitrogens with one attached hydrogen (secondary N) is 1. The molecule has 3 rings (SSSR count). The fraction of sp³-hybridized carbons (Fsp3) is 0.150. The van der Waals surface area contributed by atoms with Crippen molar-refractivity contribution in [2.75, 3.05) is 12.0 Å². The van der Waals surface area contributed by atoms with Crippen molar-refractivity contribution in [1.82, 2.24) is 5.32 Å². The molecule has 6 nitrogen and oxygen atoms in total. The average Bonchev–Trinajstić information content (AvgIpc) is 2.68. The molecule has 0 spiro atoms. The summed E-state index contributed by atoms with van der Waals surface area (Å²) < 4.78 is 5.67. The fourth-order valence-electron chi connectivity index (χ4n) is 2.77. The molecule has 28 heavy (non-hydrogen) atoms. The summed E-state index contributed by atoms with van der Waals surface area (Å²) >= 11 is 7.16. The third-order valence-electron chi connectivity index (χ3n) is 4.29. The van der Waals surface area contributed by atoms with Gasteiger partial charge in [-0.3, -0.25) is 19.8 Å². The molecule has 2 amide bonds. The number of benzene rings is 2. The maximum Gasteiger partial charge on any atom is 0.270 e. The van der Waals surface area contributed by atoms with Gasteiger partial charge >= 0.3 is 0 Å². The molecule has 0 unspecified atom stereocenters. The van der Waals surface area contributed by atoms with Gasteiger partial charge in [0.25, 0.3) is 11.8 Å². The SMILES string of the molecule is CCc1ccc(N2C(=O)/C(=C/c3cc(I)c(O)c(OC)c3)C(=O)NC2=S)cc1. The summed E-state index contributed by atoms with van der Waals surface area (Å²) in [6.07, 6.45) is 2.33. The number of amides is 2. The first kappa shape index (κ1) is 20.3. The lowest BCUT2D eigenvalue weighted by Gasteiger charge is -2.29. The number of carbonyl (C=O) groups is 2. The number of phenolic OH excluding ortho intramolecular Hbond substituents is 1. The normalized spacial score (nSPS) is 15.8. The van der Waals surface area contributed by atoms with Gasteiger partial charge in [0, 0.05) is 0 Å². The van der Waals surface area contributed by atoms with E-state index < -0.39 is 11.8 Å². The molecule has 1 fully saturated rings. The molecule has 0 atom stereocenters. The summed E-state index contributed by atoms with van der Waals surface area (Å²) in [5.41, 5.74) is 2.20. The zero-order valence-corrected chi connectivity index (χ0v) is 18.1. The monoisotopic (exact) mass is 508 g/mol. The number of rotatable bonds is 4. The van der Waals surface area contributed by atoms with E-state index in [0.29, 0.717) is 14.8 Å². The highest BCUT2D eigenvalue weighted by Gasteiger charge is 2.34. The Bertz CT molecular complexity index is 1000. The second-order valence-electron chi connectivity index (χ2n) is 6.03. The van der Waals surface area contributed by atoms with Crippen LogP contribution in [-0.2, 0) is 16.0 Å². The first-order chi connectivity index (χ1) is 13.3. The maximum absolute atomic E-state index is 13.0. The number of aromatic hydroxyl groups is 1. The Balaban J connectivity index is 2.02. The van der Waals surface area contributed by atoms with E-state index in [2.05, 4.69) is 5.32 Å². The first-order valence-corrected chi connectivity index (χ1v) is 9.91. The van der Waals surface area contributed by atoms with Crippen LogP contribution in [0.1, 0.15) is 18.1 Å². The number of thiocarbonyl (C=S) groups is 1. The van der Waals surface area contributed by atoms with Crippen molar-refractivity contribution in [2.24, 2.45) is 0 Å². The second kappa shape index (κ2) is 8.27. The number of nitrogens with zero attached hydrogens (tertiary/aromatic N) is 1. The summed E-state index contributed by atoms with van der Waals surface area (Å²) in [5.74, 6) is -0.827. The van der Waals surface area contributed by atoms with Crippen molar-refractivity contribution < 1.29 is 19.4 Å². The number of hydrogen-bond donors (Lipinski definition) is 2. The summed E-state index contributed by atoms with van der Waals surface area (Å²) in [6, 6.07) is 10.6. The second-order valence-corrected chi connectivity index (χ2v) is 7.58. The minimum absolute atomic E-state index is 0.00323. The molecule has 0 aromatic heterocycles. The lowest BCUT2D eigenvalue weighted by Crippen LogP contribution is -2.54. The van der Waals surface area contributed by atoms with Crippen molar-refractivity contribution in [1.29, 1.82) is 0 Å². The van der Waals surface area contributed by atoms with E-state index in [4.69, 9.17) is 17.0 Å². The van der Waals surface area contributed by atoms with Crippen LogP contribution in [0.4, 0.5) is 5.69 Å². The van der Waals surface area contributed by atoms with Crippen molar-refractivity contribution in [3.8, 4) is 11.5 Å². The lowest BCUT2D eigenvalue weighted by molar-refractivity contribution is -0.122. The molecule has 0 bridgehead atoms. The van der Waals surface area contributed by atoms with E-state index in [9.17, 15) is 14.7 Å². The third-order valence-corrected chi connectivity index (χ3v) is 5.39. The Hall–Kier alpha value is -2.46. The zero-order chi connectivity index (χ0) is 20.4. The summed E-state index contributed by atoms with van der Waals surface area (Å²) in [5, 5.41) is 12.6. The van der Waals surface area contributed by atoms with Crippen LogP contribution >= 0.6 is 34.8 Å². The van der Waals surface area contributed by atoms with Crippen LogP contribution in [0.25, 0.3) is 6.08 Å². The first-order valence-electron chi connectivity index (χ1n) is 8.42. The number of phenols is 1. The topological polar surface area (TPSA) is 78.9 Å². The molecule has 1 aliphatic rings. The van der Waals surface area contributed by atoms with Crippen molar-refractivity contribution in [2.45, 2.75) is 13.3 Å². The van der Waals surface area contributed by atoms with E-state index in [-0.39, 0.29) is 22.2 Å². The molecule has 2 aromatic rings. The fourth-order valence-corrected chi connectivity index (χ4v) is 3.68. The van der Waals surface area contributed by atoms with Crippen LogP contribution in [-0.4, -0.2) is 29.1 Å². The van der Waals surface area contributed by atoms with E-state index in [0.717, 1.165) is 12.0 Å². The van der Waals surface area contributed by atoms with Crippen LogP contribution in [0.3, 0.4) is 0 Å². The molecular formula is C20H17IN2O4S. The van der Waals surface area contributed by atoms with E-state index >= 15 is 0 Å². The molecule has 0 aliphatic carbocycles. The van der Waals surface area contributed by atoms with Crippen LogP contribution in [0, 0.1) is 3.57 Å². The number of anilines is 1. The molecule has 8 heteroatoms. The highest BCUT2D eigenvalue weighted by atomic mass is 127. The smallest absolute Gasteiger partial charge is 0.270 e. The van der Waals surface area contributed by atoms with Gasteiger partial charge in [0.15, 0.2) is 16.6 Å². The average molecular weight is 508 g/mol. The van der Waals surface area contributed by atoms with Gasteiger partial charge in [0.2, 0.25) is 0 Å². The zero-order valence-electron chi connectivity index (χ0n) is 15.2. The highest BCUT2D eigenvalue weighted by molar-refractivity contribution is 14.1. The Kier molecular flexibility index (Phi) is 5.99. The summed E-state index contributed by atoms with van der Waals surface area (Å²) in [4.78, 5) is 26.7. The Morgan fingerprint density at radius 1 is 1.25 bits per heavy atom. The number of carbonyl (C=O) groups excluding carboxylic acids is 2. The van der Waals surface area contributed by atoms with E-state index in [1.54, 1.807) is 24.3 Å². The molecule has 144 valence electrons. The number of ether oxygens (including phenoxy) is 1. The number of halogens is 1. The Morgan fingerprint density at radius 3 is 2.54 bits per heavy atom. The Morgan fingerprint density at radius 2 is 1.93 bits per heavy atom. The van der Waals surface area contributed by atoms with Gasteiger partial charge in [-0.25, -0.2) is 0 Å². The van der Waals surface area contributed by atoms with Gasteiger partial charge in [0.05, 0.1) is 16.4 Å². The molecule has 0 saturated carbocycles. The van der Waals surface area contributed by atoms with Gasteiger partial charge in [-0.05, 0) is 82.7 Å². The van der Waals surface area contributed by atoms with Crippen LogP contribution in [0.5, 0.6) is 11.5 Å². The van der Waals surface area contributed by atoms with Gasteiger partial charge < -0.3 is 9.84 Å². The van der Waals surface area contributed by atoms with Crippen LogP contribution in [0.2, 0.25) is 0 Å². The van der Waals surface area contributed by atoms with Gasteiger partial charge in [-0.1, -0.05) is 19.1 Å². The molecule has 1 saturated heterocycles. The van der Waals surface area contributed by atoms with Gasteiger partial charge in [-0.2, -0.15) is 0 Å². The van der Waals surface area contributed by atoms with E-state index in [1.165, 1.54) is 18.1 Å². The third kappa shape index (κ3) is 3.88. The summed E-state index contributed by atoms with van der Waals surface area (Å²) in [6.45, 7) is 2.04. The predicted molar refractivity (Wildman–Crippen MR) is 119 cm³/mol. The maximum atomic E-state index is 13.0. The minimum Gasteiger partial charge on any atom is -0.504 e. The van der Waals surface area contributed by atoms with Crippen LogP contribution < -0.4 is 15.0 Å².